The maximum atomic E-state index is 12.8. The number of amides is 1. The van der Waals surface area contributed by atoms with E-state index in [1.165, 1.54) is 6.92 Å². The quantitative estimate of drug-likeness (QED) is 0.442. The maximum absolute atomic E-state index is 12.8. The summed E-state index contributed by atoms with van der Waals surface area (Å²) >= 11 is 6.06. The van der Waals surface area contributed by atoms with Gasteiger partial charge in [0.05, 0.1) is 27.3 Å². The number of rotatable bonds is 5. The maximum Gasteiger partial charge on any atom is 0.339 e. The lowest BCUT2D eigenvalue weighted by Crippen LogP contribution is -2.30. The molecule has 1 heterocycles. The van der Waals surface area contributed by atoms with Crippen LogP contribution in [0.3, 0.4) is 0 Å². The van der Waals surface area contributed by atoms with Crippen LogP contribution < -0.4 is 5.32 Å². The third-order valence-electron chi connectivity index (χ3n) is 4.58. The SMILES string of the molecule is CC(OC(=O)c1ccccc1-c1nc2ccccc2[nH]1)C(=O)Nc1ccccc1Cl. The number of hydrogen-bond acceptors (Lipinski definition) is 4. The first-order chi connectivity index (χ1) is 14.5. The Balaban J connectivity index is 1.54. The van der Waals surface area contributed by atoms with Crippen LogP contribution in [0.1, 0.15) is 17.3 Å². The van der Waals surface area contributed by atoms with Crippen molar-refractivity contribution in [1.29, 1.82) is 0 Å². The highest BCUT2D eigenvalue weighted by Gasteiger charge is 2.22. The number of fused-ring (bicyclic) bond motifs is 1. The van der Waals surface area contributed by atoms with Gasteiger partial charge >= 0.3 is 5.97 Å². The Morgan fingerprint density at radius 3 is 2.50 bits per heavy atom. The molecule has 0 bridgehead atoms. The molecule has 0 spiro atoms. The van der Waals surface area contributed by atoms with E-state index in [1.807, 2.05) is 30.3 Å². The molecule has 4 rings (SSSR count). The predicted octanol–water partition coefficient (Wildman–Crippen LogP) is 5.07. The fourth-order valence-corrected chi connectivity index (χ4v) is 3.21. The van der Waals surface area contributed by atoms with Gasteiger partial charge in [0.1, 0.15) is 5.82 Å². The number of hydrogen-bond donors (Lipinski definition) is 2. The molecule has 0 aliphatic heterocycles. The van der Waals surface area contributed by atoms with E-state index in [0.29, 0.717) is 27.7 Å². The zero-order valence-corrected chi connectivity index (χ0v) is 16.8. The van der Waals surface area contributed by atoms with Crippen molar-refractivity contribution >= 4 is 40.2 Å². The van der Waals surface area contributed by atoms with Crippen molar-refractivity contribution in [3.8, 4) is 11.4 Å². The van der Waals surface area contributed by atoms with Crippen LogP contribution in [0.15, 0.2) is 72.8 Å². The molecule has 6 nitrogen and oxygen atoms in total. The molecule has 30 heavy (non-hydrogen) atoms. The van der Waals surface area contributed by atoms with Gasteiger partial charge in [-0.05, 0) is 37.3 Å². The first-order valence-corrected chi connectivity index (χ1v) is 9.71. The molecule has 0 radical (unpaired) electrons. The number of halogens is 1. The number of carbonyl (C=O) groups excluding carboxylic acids is 2. The molecule has 150 valence electrons. The van der Waals surface area contributed by atoms with Crippen molar-refractivity contribution in [1.82, 2.24) is 9.97 Å². The number of H-pyrrole nitrogens is 1. The van der Waals surface area contributed by atoms with Gasteiger partial charge in [0.2, 0.25) is 0 Å². The van der Waals surface area contributed by atoms with Gasteiger partial charge in [-0.15, -0.1) is 0 Å². The van der Waals surface area contributed by atoms with E-state index in [1.54, 1.807) is 42.5 Å². The number of imidazole rings is 1. The minimum absolute atomic E-state index is 0.314. The van der Waals surface area contributed by atoms with E-state index < -0.39 is 18.0 Å². The fraction of sp³-hybridized carbons (Fsp3) is 0.0870. The molecule has 1 aromatic heterocycles. The molecule has 0 saturated carbocycles. The summed E-state index contributed by atoms with van der Waals surface area (Å²) < 4.78 is 5.41. The Bertz CT molecular complexity index is 1200. The van der Waals surface area contributed by atoms with E-state index in [9.17, 15) is 9.59 Å². The van der Waals surface area contributed by atoms with Crippen molar-refractivity contribution in [2.45, 2.75) is 13.0 Å². The van der Waals surface area contributed by atoms with E-state index in [4.69, 9.17) is 16.3 Å². The highest BCUT2D eigenvalue weighted by molar-refractivity contribution is 6.33. The first kappa shape index (κ1) is 19.7. The van der Waals surface area contributed by atoms with Crippen molar-refractivity contribution in [3.05, 3.63) is 83.4 Å². The average Bonchev–Trinajstić information content (AvgIpc) is 3.19. The summed E-state index contributed by atoms with van der Waals surface area (Å²) in [5.41, 5.74) is 3.02. The van der Waals surface area contributed by atoms with Gasteiger partial charge in [-0.2, -0.15) is 0 Å². The standard InChI is InChI=1S/C23H18ClN3O3/c1-14(22(28)27-18-11-5-4-10-17(18)24)30-23(29)16-9-3-2-8-15(16)21-25-19-12-6-7-13-20(19)26-21/h2-14H,1H3,(H,25,26)(H,27,28). The smallest absolute Gasteiger partial charge is 0.339 e. The number of aromatic nitrogens is 2. The number of carbonyl (C=O) groups is 2. The minimum Gasteiger partial charge on any atom is -0.449 e. The van der Waals surface area contributed by atoms with Gasteiger partial charge in [-0.3, -0.25) is 4.79 Å². The number of esters is 1. The Labute approximate surface area is 177 Å². The second-order valence-corrected chi connectivity index (χ2v) is 7.07. The normalized spacial score (nSPS) is 11.8. The number of nitrogens with zero attached hydrogens (tertiary/aromatic N) is 1. The zero-order chi connectivity index (χ0) is 21.1. The van der Waals surface area contributed by atoms with Gasteiger partial charge in [-0.25, -0.2) is 9.78 Å². The molecule has 4 aromatic rings. The Hall–Kier alpha value is -3.64. The molecule has 0 fully saturated rings. The van der Waals surface area contributed by atoms with Crippen LogP contribution in [0.4, 0.5) is 5.69 Å². The van der Waals surface area contributed by atoms with E-state index in [-0.39, 0.29) is 0 Å². The van der Waals surface area contributed by atoms with Crippen LogP contribution in [0.25, 0.3) is 22.4 Å². The molecule has 7 heteroatoms. The molecule has 1 unspecified atom stereocenters. The molecule has 0 aliphatic carbocycles. The Morgan fingerprint density at radius 1 is 1.00 bits per heavy atom. The van der Waals surface area contributed by atoms with Gasteiger partial charge in [0.15, 0.2) is 6.10 Å². The second kappa shape index (κ2) is 8.39. The average molecular weight is 420 g/mol. The minimum atomic E-state index is -1.02. The molecule has 1 atom stereocenters. The number of benzene rings is 3. The Kier molecular flexibility index (Phi) is 5.50. The summed E-state index contributed by atoms with van der Waals surface area (Å²) in [5, 5.41) is 3.07. The van der Waals surface area contributed by atoms with Gasteiger partial charge in [0, 0.05) is 5.56 Å². The first-order valence-electron chi connectivity index (χ1n) is 9.33. The van der Waals surface area contributed by atoms with Crippen molar-refractivity contribution in [2.75, 3.05) is 5.32 Å². The molecular formula is C23H18ClN3O3. The second-order valence-electron chi connectivity index (χ2n) is 6.66. The van der Waals surface area contributed by atoms with E-state index in [2.05, 4.69) is 15.3 Å². The van der Waals surface area contributed by atoms with Crippen LogP contribution in [0, 0.1) is 0 Å². The number of para-hydroxylation sites is 3. The molecule has 0 saturated heterocycles. The van der Waals surface area contributed by atoms with E-state index in [0.717, 1.165) is 11.0 Å². The summed E-state index contributed by atoms with van der Waals surface area (Å²) in [6.45, 7) is 1.51. The highest BCUT2D eigenvalue weighted by atomic mass is 35.5. The van der Waals surface area contributed by atoms with Gasteiger partial charge in [0.25, 0.3) is 5.91 Å². The fourth-order valence-electron chi connectivity index (χ4n) is 3.02. The van der Waals surface area contributed by atoms with Gasteiger partial charge < -0.3 is 15.0 Å². The summed E-state index contributed by atoms with van der Waals surface area (Å²) in [6.07, 6.45) is -1.02. The monoisotopic (exact) mass is 419 g/mol. The van der Waals surface area contributed by atoms with Crippen LogP contribution >= 0.6 is 11.6 Å². The van der Waals surface area contributed by atoms with Crippen molar-refractivity contribution < 1.29 is 14.3 Å². The largest absolute Gasteiger partial charge is 0.449 e. The summed E-state index contributed by atoms with van der Waals surface area (Å²) in [4.78, 5) is 33.0. The van der Waals surface area contributed by atoms with Crippen molar-refractivity contribution in [2.24, 2.45) is 0 Å². The van der Waals surface area contributed by atoms with Crippen LogP contribution in [0.2, 0.25) is 5.02 Å². The van der Waals surface area contributed by atoms with E-state index >= 15 is 0 Å². The summed E-state index contributed by atoms with van der Waals surface area (Å²) in [6, 6.07) is 21.4. The van der Waals surface area contributed by atoms with Crippen LogP contribution in [-0.4, -0.2) is 27.9 Å². The topological polar surface area (TPSA) is 84.1 Å². The summed E-state index contributed by atoms with van der Waals surface area (Å²) in [7, 11) is 0. The molecule has 2 N–H and O–H groups in total. The predicted molar refractivity (Wildman–Crippen MR) is 116 cm³/mol. The molecular weight excluding hydrogens is 402 g/mol. The third-order valence-corrected chi connectivity index (χ3v) is 4.91. The lowest BCUT2D eigenvalue weighted by Gasteiger charge is -2.15. The number of aromatic amines is 1. The third kappa shape index (κ3) is 4.04. The molecule has 3 aromatic carbocycles. The van der Waals surface area contributed by atoms with Crippen LogP contribution in [0.5, 0.6) is 0 Å². The summed E-state index contributed by atoms with van der Waals surface area (Å²) in [5.74, 6) is -0.539. The molecule has 1 amide bonds. The lowest BCUT2D eigenvalue weighted by atomic mass is 10.1. The number of ether oxygens (including phenoxy) is 1. The lowest BCUT2D eigenvalue weighted by molar-refractivity contribution is -0.123. The molecule has 0 aliphatic rings. The van der Waals surface area contributed by atoms with Gasteiger partial charge in [-0.1, -0.05) is 54.1 Å². The van der Waals surface area contributed by atoms with Crippen molar-refractivity contribution in [3.63, 3.8) is 0 Å². The Morgan fingerprint density at radius 2 is 1.70 bits per heavy atom. The van der Waals surface area contributed by atoms with Crippen LogP contribution in [-0.2, 0) is 9.53 Å². The number of nitrogens with one attached hydrogen (secondary N) is 2. The highest BCUT2D eigenvalue weighted by Crippen LogP contribution is 2.25. The number of anilines is 1. The zero-order valence-electron chi connectivity index (χ0n) is 16.1.